The van der Waals surface area contributed by atoms with Crippen molar-refractivity contribution in [1.29, 1.82) is 0 Å². The molecule has 1 aliphatic heterocycles. The minimum atomic E-state index is 0.0373. The van der Waals surface area contributed by atoms with Gasteiger partial charge in [-0.05, 0) is 57.6 Å². The van der Waals surface area contributed by atoms with Crippen LogP contribution < -0.4 is 15.4 Å². The van der Waals surface area contributed by atoms with Crippen LogP contribution in [0.5, 0.6) is 5.75 Å². The third-order valence-electron chi connectivity index (χ3n) is 3.92. The van der Waals surface area contributed by atoms with Crippen LogP contribution in [0.4, 0.5) is 5.69 Å². The number of nitrogens with zero attached hydrogens (tertiary/aromatic N) is 1. The van der Waals surface area contributed by atoms with Crippen LogP contribution in [0.1, 0.15) is 12.8 Å². The number of ether oxygens (including phenoxy) is 1. The highest BCUT2D eigenvalue weighted by atomic mass is 16.5. The van der Waals surface area contributed by atoms with Crippen molar-refractivity contribution >= 4 is 11.6 Å². The molecule has 21 heavy (non-hydrogen) atoms. The molecule has 2 N–H and O–H groups in total. The molecule has 0 spiro atoms. The number of rotatable bonds is 6. The second kappa shape index (κ2) is 8.00. The highest BCUT2D eigenvalue weighted by Crippen LogP contribution is 2.18. The van der Waals surface area contributed by atoms with E-state index in [2.05, 4.69) is 15.5 Å². The van der Waals surface area contributed by atoms with Crippen molar-refractivity contribution in [2.45, 2.75) is 12.8 Å². The Balaban J connectivity index is 1.77. The van der Waals surface area contributed by atoms with Crippen LogP contribution in [0.2, 0.25) is 0 Å². The summed E-state index contributed by atoms with van der Waals surface area (Å²) in [4.78, 5) is 14.3. The van der Waals surface area contributed by atoms with E-state index in [9.17, 15) is 4.79 Å². The first-order chi connectivity index (χ1) is 10.2. The maximum atomic E-state index is 12.1. The number of anilines is 1. The molecule has 0 aromatic heterocycles. The number of likely N-dealkylation sites (tertiary alicyclic amines) is 1. The molecule has 1 heterocycles. The van der Waals surface area contributed by atoms with Gasteiger partial charge in [-0.1, -0.05) is 6.07 Å². The van der Waals surface area contributed by atoms with Gasteiger partial charge < -0.3 is 15.4 Å². The van der Waals surface area contributed by atoms with Gasteiger partial charge in [-0.25, -0.2) is 0 Å². The summed E-state index contributed by atoms with van der Waals surface area (Å²) in [5.41, 5.74) is 0.782. The molecule has 0 atom stereocenters. The van der Waals surface area contributed by atoms with Gasteiger partial charge in [-0.3, -0.25) is 9.69 Å². The number of hydrogen-bond acceptors (Lipinski definition) is 4. The Kier molecular flexibility index (Phi) is 6.02. The Morgan fingerprint density at radius 2 is 2.14 bits per heavy atom. The molecule has 5 heteroatoms. The number of benzene rings is 1. The topological polar surface area (TPSA) is 53.6 Å². The number of carbonyl (C=O) groups excluding carboxylic acids is 1. The molecule has 0 unspecified atom stereocenters. The zero-order valence-electron chi connectivity index (χ0n) is 12.9. The maximum Gasteiger partial charge on any atom is 0.238 e. The molecule has 0 aliphatic carbocycles. The number of carbonyl (C=O) groups is 1. The third-order valence-corrected chi connectivity index (χ3v) is 3.92. The first-order valence-corrected chi connectivity index (χ1v) is 7.52. The normalized spacial score (nSPS) is 16.7. The van der Waals surface area contributed by atoms with Crippen LogP contribution in [-0.2, 0) is 4.79 Å². The summed E-state index contributed by atoms with van der Waals surface area (Å²) in [5.74, 6) is 1.53. The van der Waals surface area contributed by atoms with Crippen LogP contribution in [0.3, 0.4) is 0 Å². The average molecular weight is 291 g/mol. The summed E-state index contributed by atoms with van der Waals surface area (Å²) in [6.45, 7) is 3.53. The van der Waals surface area contributed by atoms with Crippen molar-refractivity contribution in [2.24, 2.45) is 5.92 Å². The summed E-state index contributed by atoms with van der Waals surface area (Å²) < 4.78 is 5.15. The van der Waals surface area contributed by atoms with Crippen LogP contribution in [0.25, 0.3) is 0 Å². The van der Waals surface area contributed by atoms with E-state index in [1.807, 2.05) is 31.3 Å². The molecule has 1 amide bonds. The molecule has 5 nitrogen and oxygen atoms in total. The van der Waals surface area contributed by atoms with E-state index in [0.29, 0.717) is 6.54 Å². The number of nitrogens with one attached hydrogen (secondary N) is 2. The van der Waals surface area contributed by atoms with Crippen LogP contribution in [-0.4, -0.2) is 51.1 Å². The zero-order valence-corrected chi connectivity index (χ0v) is 12.9. The maximum absolute atomic E-state index is 12.1. The van der Waals surface area contributed by atoms with Crippen LogP contribution in [0.15, 0.2) is 24.3 Å². The predicted octanol–water partition coefficient (Wildman–Crippen LogP) is 1.57. The molecule has 116 valence electrons. The highest BCUT2D eigenvalue weighted by molar-refractivity contribution is 5.92. The molecule has 0 radical (unpaired) electrons. The van der Waals surface area contributed by atoms with Gasteiger partial charge in [0.15, 0.2) is 0 Å². The second-order valence-corrected chi connectivity index (χ2v) is 5.56. The molecule has 1 aromatic rings. The first-order valence-electron chi connectivity index (χ1n) is 7.52. The predicted molar refractivity (Wildman–Crippen MR) is 84.7 cm³/mol. The van der Waals surface area contributed by atoms with Crippen LogP contribution >= 0.6 is 0 Å². The molecule has 2 rings (SSSR count). The number of amides is 1. The minimum absolute atomic E-state index is 0.0373. The van der Waals surface area contributed by atoms with Gasteiger partial charge in [-0.15, -0.1) is 0 Å². The zero-order chi connectivity index (χ0) is 15.1. The number of hydrogen-bond donors (Lipinski definition) is 2. The quantitative estimate of drug-likeness (QED) is 0.835. The van der Waals surface area contributed by atoms with E-state index in [1.165, 1.54) is 0 Å². The molecule has 1 aliphatic rings. The summed E-state index contributed by atoms with van der Waals surface area (Å²) >= 11 is 0. The molecule has 0 bridgehead atoms. The Bertz CT molecular complexity index is 457. The van der Waals surface area contributed by atoms with Gasteiger partial charge in [0, 0.05) is 11.8 Å². The van der Waals surface area contributed by atoms with Gasteiger partial charge >= 0.3 is 0 Å². The molecule has 1 aromatic carbocycles. The summed E-state index contributed by atoms with van der Waals surface area (Å²) in [5, 5.41) is 6.15. The van der Waals surface area contributed by atoms with E-state index in [4.69, 9.17) is 4.74 Å². The lowest BCUT2D eigenvalue weighted by molar-refractivity contribution is -0.117. The van der Waals surface area contributed by atoms with Crippen molar-refractivity contribution in [3.63, 3.8) is 0 Å². The average Bonchev–Trinajstić information content (AvgIpc) is 2.49. The van der Waals surface area contributed by atoms with Gasteiger partial charge in [0.05, 0.1) is 13.7 Å². The lowest BCUT2D eigenvalue weighted by Crippen LogP contribution is -2.40. The Morgan fingerprint density at radius 1 is 1.38 bits per heavy atom. The molecule has 1 fully saturated rings. The lowest BCUT2D eigenvalue weighted by Gasteiger charge is -2.31. The minimum Gasteiger partial charge on any atom is -0.497 e. The smallest absolute Gasteiger partial charge is 0.238 e. The Labute approximate surface area is 126 Å². The fourth-order valence-corrected chi connectivity index (χ4v) is 2.74. The summed E-state index contributed by atoms with van der Waals surface area (Å²) in [6, 6.07) is 7.44. The van der Waals surface area contributed by atoms with Gasteiger partial charge in [0.25, 0.3) is 0 Å². The van der Waals surface area contributed by atoms with E-state index >= 15 is 0 Å². The van der Waals surface area contributed by atoms with Crippen molar-refractivity contribution < 1.29 is 9.53 Å². The van der Waals surface area contributed by atoms with E-state index in [0.717, 1.165) is 49.8 Å². The molecule has 1 saturated heterocycles. The standard InChI is InChI=1S/C16H25N3O2/c1-17-11-13-6-8-19(9-7-13)12-16(20)18-14-4-3-5-15(10-14)21-2/h3-5,10,13,17H,6-9,11-12H2,1-2H3,(H,18,20). The highest BCUT2D eigenvalue weighted by Gasteiger charge is 2.20. The molecular formula is C16H25N3O2. The number of methoxy groups -OCH3 is 1. The van der Waals surface area contributed by atoms with Gasteiger partial charge in [-0.2, -0.15) is 0 Å². The van der Waals surface area contributed by atoms with Gasteiger partial charge in [0.2, 0.25) is 5.91 Å². The van der Waals surface area contributed by atoms with Crippen LogP contribution in [0, 0.1) is 5.92 Å². The van der Waals surface area contributed by atoms with Crippen molar-refractivity contribution in [1.82, 2.24) is 10.2 Å². The Hall–Kier alpha value is -1.59. The lowest BCUT2D eigenvalue weighted by atomic mass is 9.97. The monoisotopic (exact) mass is 291 g/mol. The van der Waals surface area contributed by atoms with E-state index < -0.39 is 0 Å². The van der Waals surface area contributed by atoms with Crippen molar-refractivity contribution in [3.05, 3.63) is 24.3 Å². The number of piperidine rings is 1. The second-order valence-electron chi connectivity index (χ2n) is 5.56. The summed E-state index contributed by atoms with van der Waals surface area (Å²) in [7, 11) is 3.62. The Morgan fingerprint density at radius 3 is 2.81 bits per heavy atom. The summed E-state index contributed by atoms with van der Waals surface area (Å²) in [6.07, 6.45) is 2.32. The molecule has 0 saturated carbocycles. The van der Waals surface area contributed by atoms with Gasteiger partial charge in [0.1, 0.15) is 5.75 Å². The van der Waals surface area contributed by atoms with Crippen molar-refractivity contribution in [3.8, 4) is 5.75 Å². The fourth-order valence-electron chi connectivity index (χ4n) is 2.74. The van der Waals surface area contributed by atoms with E-state index in [1.54, 1.807) is 7.11 Å². The first kappa shape index (κ1) is 15.8. The third kappa shape index (κ3) is 5.02. The molecular weight excluding hydrogens is 266 g/mol. The van der Waals surface area contributed by atoms with E-state index in [-0.39, 0.29) is 5.91 Å². The fraction of sp³-hybridized carbons (Fsp3) is 0.562. The van der Waals surface area contributed by atoms with Crippen molar-refractivity contribution in [2.75, 3.05) is 45.7 Å². The SMILES string of the molecule is CNCC1CCN(CC(=O)Nc2cccc(OC)c2)CC1. The largest absolute Gasteiger partial charge is 0.497 e.